The number of aliphatic carboxylic acids is 1. The third kappa shape index (κ3) is 5.25. The van der Waals surface area contributed by atoms with Crippen LogP contribution in [0.25, 0.3) is 0 Å². The van der Waals surface area contributed by atoms with Crippen LogP contribution < -0.4 is 11.1 Å². The maximum Gasteiger partial charge on any atom is 0.326 e. The quantitative estimate of drug-likeness (QED) is 0.530. The maximum atomic E-state index is 11.6. The number of primary amides is 1. The van der Waals surface area contributed by atoms with Crippen LogP contribution in [0.3, 0.4) is 0 Å². The lowest BCUT2D eigenvalue weighted by Gasteiger charge is -2.14. The van der Waals surface area contributed by atoms with Crippen LogP contribution in [0.5, 0.6) is 0 Å². The van der Waals surface area contributed by atoms with E-state index < -0.39 is 40.1 Å². The minimum absolute atomic E-state index is 0.0502. The number of hydrogen-bond donors (Lipinski definition) is 3. The molecule has 9 heteroatoms. The fraction of sp³-hybridized carbons (Fsp3) is 0.700. The van der Waals surface area contributed by atoms with Crippen LogP contribution >= 0.6 is 0 Å². The summed E-state index contributed by atoms with van der Waals surface area (Å²) in [6, 6.07) is -1.37. The first-order valence-corrected chi connectivity index (χ1v) is 7.52. The van der Waals surface area contributed by atoms with Gasteiger partial charge in [-0.1, -0.05) is 0 Å². The molecule has 1 rings (SSSR count). The SMILES string of the molecule is NC(=O)C[C@H](NC(=O)CC1CCS(=O)(=O)C1)C(=O)O. The summed E-state index contributed by atoms with van der Waals surface area (Å²) in [5.74, 6) is -3.09. The molecule has 2 amide bonds. The Bertz CT molecular complexity index is 486. The highest BCUT2D eigenvalue weighted by Gasteiger charge is 2.30. The predicted octanol–water partition coefficient (Wildman–Crippen LogP) is -1.74. The Morgan fingerprint density at radius 2 is 2.00 bits per heavy atom. The van der Waals surface area contributed by atoms with Gasteiger partial charge in [-0.25, -0.2) is 13.2 Å². The predicted molar refractivity (Wildman–Crippen MR) is 64.8 cm³/mol. The molecule has 1 saturated heterocycles. The molecule has 0 aromatic carbocycles. The van der Waals surface area contributed by atoms with E-state index in [-0.39, 0.29) is 23.8 Å². The Morgan fingerprint density at radius 3 is 2.42 bits per heavy atom. The molecule has 0 aliphatic carbocycles. The molecule has 1 aliphatic rings. The normalized spacial score (nSPS) is 22.6. The summed E-state index contributed by atoms with van der Waals surface area (Å²) >= 11 is 0. The lowest BCUT2D eigenvalue weighted by molar-refractivity contribution is -0.143. The van der Waals surface area contributed by atoms with Crippen LogP contribution in [0, 0.1) is 5.92 Å². The fourth-order valence-corrected chi connectivity index (χ4v) is 3.81. The second-order valence-electron chi connectivity index (χ2n) is 4.60. The molecule has 1 heterocycles. The summed E-state index contributed by atoms with van der Waals surface area (Å²) in [5, 5.41) is 11.0. The minimum atomic E-state index is -3.08. The number of carbonyl (C=O) groups excluding carboxylic acids is 2. The molecule has 1 unspecified atom stereocenters. The van der Waals surface area contributed by atoms with Crippen molar-refractivity contribution in [2.24, 2.45) is 11.7 Å². The summed E-state index contributed by atoms with van der Waals surface area (Å²) in [6.45, 7) is 0. The molecule has 0 aromatic rings. The van der Waals surface area contributed by atoms with E-state index in [1.807, 2.05) is 0 Å². The molecular weight excluding hydrogens is 276 g/mol. The van der Waals surface area contributed by atoms with E-state index in [1.54, 1.807) is 0 Å². The van der Waals surface area contributed by atoms with E-state index >= 15 is 0 Å². The molecule has 0 bridgehead atoms. The number of nitrogens with two attached hydrogens (primary N) is 1. The molecule has 0 aromatic heterocycles. The van der Waals surface area contributed by atoms with Crippen LogP contribution in [0.15, 0.2) is 0 Å². The van der Waals surface area contributed by atoms with Crippen molar-refractivity contribution < 1.29 is 27.9 Å². The highest BCUT2D eigenvalue weighted by atomic mass is 32.2. The number of amides is 2. The topological polar surface area (TPSA) is 144 Å². The molecule has 1 aliphatic heterocycles. The summed E-state index contributed by atoms with van der Waals surface area (Å²) in [4.78, 5) is 33.0. The van der Waals surface area contributed by atoms with Crippen LogP contribution in [-0.2, 0) is 24.2 Å². The summed E-state index contributed by atoms with van der Waals surface area (Å²) in [5.41, 5.74) is 4.87. The van der Waals surface area contributed by atoms with E-state index in [0.717, 1.165) is 0 Å². The van der Waals surface area contributed by atoms with Gasteiger partial charge in [-0.3, -0.25) is 9.59 Å². The highest BCUT2D eigenvalue weighted by molar-refractivity contribution is 7.91. The summed E-state index contributed by atoms with van der Waals surface area (Å²) < 4.78 is 22.4. The van der Waals surface area contributed by atoms with E-state index in [1.165, 1.54) is 0 Å². The highest BCUT2D eigenvalue weighted by Crippen LogP contribution is 2.21. The van der Waals surface area contributed by atoms with Gasteiger partial charge in [-0.2, -0.15) is 0 Å². The van der Waals surface area contributed by atoms with Crippen molar-refractivity contribution >= 4 is 27.6 Å². The van der Waals surface area contributed by atoms with Crippen LogP contribution in [0.4, 0.5) is 0 Å². The van der Waals surface area contributed by atoms with Crippen molar-refractivity contribution in [2.45, 2.75) is 25.3 Å². The van der Waals surface area contributed by atoms with Gasteiger partial charge in [0, 0.05) is 6.42 Å². The zero-order valence-electron chi connectivity index (χ0n) is 10.2. The Morgan fingerprint density at radius 1 is 1.37 bits per heavy atom. The molecule has 2 atom stereocenters. The third-order valence-corrected chi connectivity index (χ3v) is 4.68. The number of sulfone groups is 1. The van der Waals surface area contributed by atoms with E-state index in [9.17, 15) is 22.8 Å². The second kappa shape index (κ2) is 6.00. The van der Waals surface area contributed by atoms with Gasteiger partial charge in [0.25, 0.3) is 0 Å². The van der Waals surface area contributed by atoms with Gasteiger partial charge in [-0.05, 0) is 12.3 Å². The van der Waals surface area contributed by atoms with Crippen molar-refractivity contribution in [3.63, 3.8) is 0 Å². The molecule has 0 radical (unpaired) electrons. The number of rotatable bonds is 6. The van der Waals surface area contributed by atoms with E-state index in [0.29, 0.717) is 6.42 Å². The number of nitrogens with one attached hydrogen (secondary N) is 1. The molecule has 4 N–H and O–H groups in total. The lowest BCUT2D eigenvalue weighted by atomic mass is 10.0. The van der Waals surface area contributed by atoms with E-state index in [4.69, 9.17) is 10.8 Å². The van der Waals surface area contributed by atoms with Crippen molar-refractivity contribution in [1.29, 1.82) is 0 Å². The van der Waals surface area contributed by atoms with Crippen molar-refractivity contribution in [3.05, 3.63) is 0 Å². The van der Waals surface area contributed by atoms with Gasteiger partial charge in [0.1, 0.15) is 6.04 Å². The molecule has 0 spiro atoms. The van der Waals surface area contributed by atoms with Crippen molar-refractivity contribution in [2.75, 3.05) is 11.5 Å². The molecular formula is C10H16N2O6S. The monoisotopic (exact) mass is 292 g/mol. The van der Waals surface area contributed by atoms with Gasteiger partial charge < -0.3 is 16.2 Å². The van der Waals surface area contributed by atoms with Crippen LogP contribution in [0.2, 0.25) is 0 Å². The van der Waals surface area contributed by atoms with Gasteiger partial charge in [0.15, 0.2) is 9.84 Å². The van der Waals surface area contributed by atoms with Gasteiger partial charge in [0.05, 0.1) is 17.9 Å². The largest absolute Gasteiger partial charge is 0.480 e. The van der Waals surface area contributed by atoms with Crippen molar-refractivity contribution in [1.82, 2.24) is 5.32 Å². The third-order valence-electron chi connectivity index (χ3n) is 2.84. The van der Waals surface area contributed by atoms with Crippen molar-refractivity contribution in [3.8, 4) is 0 Å². The maximum absolute atomic E-state index is 11.6. The minimum Gasteiger partial charge on any atom is -0.480 e. The summed E-state index contributed by atoms with van der Waals surface area (Å²) in [7, 11) is -3.08. The molecule has 19 heavy (non-hydrogen) atoms. The van der Waals surface area contributed by atoms with Crippen LogP contribution in [0.1, 0.15) is 19.3 Å². The van der Waals surface area contributed by atoms with Gasteiger partial charge in [-0.15, -0.1) is 0 Å². The number of carboxylic acid groups (broad SMARTS) is 1. The fourth-order valence-electron chi connectivity index (χ4n) is 1.95. The first kappa shape index (κ1) is 15.4. The average Bonchev–Trinajstić information content (AvgIpc) is 2.56. The lowest BCUT2D eigenvalue weighted by Crippen LogP contribution is -2.43. The second-order valence-corrected chi connectivity index (χ2v) is 6.83. The van der Waals surface area contributed by atoms with E-state index in [2.05, 4.69) is 5.32 Å². The molecule has 1 fully saturated rings. The number of carboxylic acids is 1. The number of carbonyl (C=O) groups is 3. The Balaban J connectivity index is 2.49. The molecule has 8 nitrogen and oxygen atoms in total. The standard InChI is InChI=1S/C10H16N2O6S/c11-8(13)4-7(10(15)16)12-9(14)3-6-1-2-19(17,18)5-6/h6-7H,1-5H2,(H2,11,13)(H,12,14)(H,15,16)/t6?,7-/m0/s1. The van der Waals surface area contributed by atoms with Crippen LogP contribution in [-0.4, -0.2) is 48.9 Å². The molecule has 0 saturated carbocycles. The average molecular weight is 292 g/mol. The van der Waals surface area contributed by atoms with Gasteiger partial charge >= 0.3 is 5.97 Å². The van der Waals surface area contributed by atoms with Gasteiger partial charge in [0.2, 0.25) is 11.8 Å². The Hall–Kier alpha value is -1.64. The first-order chi connectivity index (χ1) is 8.69. The first-order valence-electron chi connectivity index (χ1n) is 5.70. The zero-order chi connectivity index (χ0) is 14.6. The molecule has 108 valence electrons. The smallest absolute Gasteiger partial charge is 0.326 e. The Labute approximate surface area is 110 Å². The Kier molecular flexibility index (Phi) is 4.87. The zero-order valence-corrected chi connectivity index (χ0v) is 11.0. The number of hydrogen-bond acceptors (Lipinski definition) is 5. The summed E-state index contributed by atoms with van der Waals surface area (Å²) in [6.07, 6.45) is -0.172.